The van der Waals surface area contributed by atoms with Crippen molar-refractivity contribution in [3.8, 4) is 5.69 Å². The smallest absolute Gasteiger partial charge is 0.348 e. The number of nitrogens with zero attached hydrogens (tertiary/aromatic N) is 3. The average molecular weight is 402 g/mol. The van der Waals surface area contributed by atoms with Crippen molar-refractivity contribution >= 4 is 39.1 Å². The van der Waals surface area contributed by atoms with E-state index in [4.69, 9.17) is 20.9 Å². The van der Waals surface area contributed by atoms with Gasteiger partial charge in [0, 0.05) is 10.4 Å². The van der Waals surface area contributed by atoms with Crippen LogP contribution in [0.4, 0.5) is 0 Å². The molecule has 1 aromatic carbocycles. The first-order chi connectivity index (χ1) is 12.9. The van der Waals surface area contributed by atoms with Crippen molar-refractivity contribution in [2.75, 3.05) is 0 Å². The van der Waals surface area contributed by atoms with E-state index in [1.807, 2.05) is 48.9 Å². The van der Waals surface area contributed by atoms with Crippen molar-refractivity contribution in [1.29, 1.82) is 0 Å². The summed E-state index contributed by atoms with van der Waals surface area (Å²) in [5.41, 5.74) is 3.26. The van der Waals surface area contributed by atoms with Crippen molar-refractivity contribution in [1.82, 2.24) is 14.9 Å². The Bertz CT molecular complexity index is 1120. The van der Waals surface area contributed by atoms with Crippen LogP contribution in [0.5, 0.6) is 0 Å². The fourth-order valence-corrected chi connectivity index (χ4v) is 4.02. The SMILES string of the molecule is Cc1noc(C)c1COC(=O)c1cc2c(C)nn(-c3ccc(Cl)cc3)c2s1. The fourth-order valence-electron chi connectivity index (χ4n) is 2.82. The molecule has 0 atom stereocenters. The highest BCUT2D eigenvalue weighted by Gasteiger charge is 2.19. The Labute approximate surface area is 164 Å². The Hall–Kier alpha value is -2.64. The highest BCUT2D eigenvalue weighted by molar-refractivity contribution is 7.20. The van der Waals surface area contributed by atoms with E-state index in [0.29, 0.717) is 15.7 Å². The summed E-state index contributed by atoms with van der Waals surface area (Å²) in [5.74, 6) is 0.282. The third-order valence-electron chi connectivity index (χ3n) is 4.35. The van der Waals surface area contributed by atoms with Gasteiger partial charge >= 0.3 is 5.97 Å². The van der Waals surface area contributed by atoms with E-state index in [2.05, 4.69) is 10.3 Å². The molecule has 0 radical (unpaired) electrons. The third-order valence-corrected chi connectivity index (χ3v) is 5.69. The topological polar surface area (TPSA) is 70.2 Å². The normalized spacial score (nSPS) is 11.3. The summed E-state index contributed by atoms with van der Waals surface area (Å²) in [6, 6.07) is 9.23. The number of rotatable bonds is 4. The van der Waals surface area contributed by atoms with Crippen molar-refractivity contribution in [2.45, 2.75) is 27.4 Å². The lowest BCUT2D eigenvalue weighted by Gasteiger charge is -2.03. The maximum atomic E-state index is 12.5. The number of ether oxygens (including phenoxy) is 1. The van der Waals surface area contributed by atoms with Crippen LogP contribution in [0, 0.1) is 20.8 Å². The highest BCUT2D eigenvalue weighted by atomic mass is 35.5. The lowest BCUT2D eigenvalue weighted by molar-refractivity contribution is 0.0477. The summed E-state index contributed by atoms with van der Waals surface area (Å²) in [7, 11) is 0. The van der Waals surface area contributed by atoms with Gasteiger partial charge in [0.05, 0.1) is 22.6 Å². The maximum absolute atomic E-state index is 12.5. The second-order valence-corrected chi connectivity index (χ2v) is 7.65. The standard InChI is InChI=1S/C19H16ClN3O3S/c1-10-15-8-17(19(24)25-9-16-11(2)22-26-12(16)3)27-18(15)23(21-10)14-6-4-13(20)5-7-14/h4-8H,9H2,1-3H3. The molecule has 0 fully saturated rings. The first kappa shape index (κ1) is 17.8. The van der Waals surface area contributed by atoms with Gasteiger partial charge in [-0.25, -0.2) is 9.48 Å². The largest absolute Gasteiger partial charge is 0.456 e. The molecular formula is C19H16ClN3O3S. The van der Waals surface area contributed by atoms with Gasteiger partial charge in [0.2, 0.25) is 0 Å². The molecule has 4 aromatic rings. The molecule has 0 spiro atoms. The van der Waals surface area contributed by atoms with E-state index in [0.717, 1.165) is 32.9 Å². The Kier molecular flexibility index (Phi) is 4.49. The monoisotopic (exact) mass is 401 g/mol. The Balaban J connectivity index is 1.62. The molecule has 27 heavy (non-hydrogen) atoms. The first-order valence-electron chi connectivity index (χ1n) is 8.28. The number of thiophene rings is 1. The first-order valence-corrected chi connectivity index (χ1v) is 9.47. The van der Waals surface area contributed by atoms with Crippen LogP contribution in [-0.2, 0) is 11.3 Å². The number of carbonyl (C=O) groups excluding carboxylic acids is 1. The van der Waals surface area contributed by atoms with E-state index < -0.39 is 0 Å². The molecule has 6 nitrogen and oxygen atoms in total. The molecule has 4 rings (SSSR count). The Morgan fingerprint density at radius 3 is 2.63 bits per heavy atom. The van der Waals surface area contributed by atoms with E-state index in [9.17, 15) is 4.79 Å². The highest BCUT2D eigenvalue weighted by Crippen LogP contribution is 2.31. The summed E-state index contributed by atoms with van der Waals surface area (Å²) in [6.45, 7) is 5.67. The second kappa shape index (κ2) is 6.83. The molecule has 0 bridgehead atoms. The minimum atomic E-state index is -0.377. The summed E-state index contributed by atoms with van der Waals surface area (Å²) in [4.78, 5) is 13.9. The number of halogens is 1. The molecule has 0 saturated heterocycles. The van der Waals surface area contributed by atoms with Gasteiger partial charge in [0.15, 0.2) is 0 Å². The van der Waals surface area contributed by atoms with Gasteiger partial charge in [-0.05, 0) is 51.1 Å². The molecule has 3 heterocycles. The van der Waals surface area contributed by atoms with Gasteiger partial charge in [-0.15, -0.1) is 11.3 Å². The summed E-state index contributed by atoms with van der Waals surface area (Å²) < 4.78 is 12.4. The molecule has 8 heteroatoms. The predicted molar refractivity (Wildman–Crippen MR) is 104 cm³/mol. The average Bonchev–Trinajstić information content (AvgIpc) is 3.30. The molecule has 3 aromatic heterocycles. The van der Waals surface area contributed by atoms with E-state index in [1.54, 1.807) is 6.92 Å². The van der Waals surface area contributed by atoms with Crippen molar-refractivity contribution < 1.29 is 14.1 Å². The lowest BCUT2D eigenvalue weighted by atomic mass is 10.2. The van der Waals surface area contributed by atoms with Crippen molar-refractivity contribution in [3.63, 3.8) is 0 Å². The van der Waals surface area contributed by atoms with Gasteiger partial charge in [0.25, 0.3) is 0 Å². The minimum Gasteiger partial charge on any atom is -0.456 e. The number of fused-ring (bicyclic) bond motifs is 1. The number of esters is 1. The van der Waals surface area contributed by atoms with E-state index in [-0.39, 0.29) is 12.6 Å². The summed E-state index contributed by atoms with van der Waals surface area (Å²) in [6.07, 6.45) is 0. The van der Waals surface area contributed by atoms with Crippen molar-refractivity contribution in [3.05, 3.63) is 62.9 Å². The van der Waals surface area contributed by atoms with Gasteiger partial charge in [0.1, 0.15) is 22.1 Å². The second-order valence-electron chi connectivity index (χ2n) is 6.18. The fraction of sp³-hybridized carbons (Fsp3) is 0.211. The molecule has 0 amide bonds. The molecule has 0 aliphatic rings. The minimum absolute atomic E-state index is 0.135. The molecule has 138 valence electrons. The van der Waals surface area contributed by atoms with Gasteiger partial charge in [-0.2, -0.15) is 5.10 Å². The zero-order chi connectivity index (χ0) is 19.1. The van der Waals surface area contributed by atoms with Crippen LogP contribution in [0.3, 0.4) is 0 Å². The van der Waals surface area contributed by atoms with E-state index >= 15 is 0 Å². The van der Waals surface area contributed by atoms with Crippen LogP contribution in [0.15, 0.2) is 34.9 Å². The predicted octanol–water partition coefficient (Wildman–Crippen LogP) is 5.01. The zero-order valence-electron chi connectivity index (χ0n) is 14.9. The molecule has 0 aliphatic carbocycles. The van der Waals surface area contributed by atoms with E-state index in [1.165, 1.54) is 11.3 Å². The van der Waals surface area contributed by atoms with Crippen molar-refractivity contribution in [2.24, 2.45) is 0 Å². The molecule has 0 aliphatic heterocycles. The molecule has 0 saturated carbocycles. The lowest BCUT2D eigenvalue weighted by Crippen LogP contribution is -2.04. The zero-order valence-corrected chi connectivity index (χ0v) is 16.5. The molecule has 0 N–H and O–H groups in total. The van der Waals surface area contributed by atoms with Gasteiger partial charge in [-0.1, -0.05) is 16.8 Å². The number of hydrogen-bond acceptors (Lipinski definition) is 6. The van der Waals surface area contributed by atoms with Crippen LogP contribution < -0.4 is 0 Å². The third kappa shape index (κ3) is 3.24. The number of hydrogen-bond donors (Lipinski definition) is 0. The Morgan fingerprint density at radius 1 is 1.22 bits per heavy atom. The van der Waals surface area contributed by atoms with Crippen LogP contribution in [0.1, 0.15) is 32.4 Å². The van der Waals surface area contributed by atoms with Gasteiger partial charge in [-0.3, -0.25) is 0 Å². The number of aromatic nitrogens is 3. The molecule has 0 unspecified atom stereocenters. The summed E-state index contributed by atoms with van der Waals surface area (Å²) >= 11 is 7.32. The number of carbonyl (C=O) groups is 1. The maximum Gasteiger partial charge on any atom is 0.348 e. The number of aryl methyl sites for hydroxylation is 3. The summed E-state index contributed by atoms with van der Waals surface area (Å²) in [5, 5.41) is 10.0. The Morgan fingerprint density at radius 2 is 1.96 bits per heavy atom. The van der Waals surface area contributed by atoms with Crippen LogP contribution in [0.25, 0.3) is 15.9 Å². The van der Waals surface area contributed by atoms with Crippen LogP contribution >= 0.6 is 22.9 Å². The van der Waals surface area contributed by atoms with Gasteiger partial charge < -0.3 is 9.26 Å². The van der Waals surface area contributed by atoms with Crippen LogP contribution in [0.2, 0.25) is 5.02 Å². The quantitative estimate of drug-likeness (QED) is 0.449. The molecular weight excluding hydrogens is 386 g/mol. The van der Waals surface area contributed by atoms with Crippen LogP contribution in [-0.4, -0.2) is 20.9 Å². The number of benzene rings is 1.